The van der Waals surface area contributed by atoms with Gasteiger partial charge in [-0.25, -0.2) is 0 Å². The average Bonchev–Trinajstić information content (AvgIpc) is 3.19. The molecule has 1 aliphatic heterocycles. The molecule has 1 aliphatic rings. The van der Waals surface area contributed by atoms with Crippen molar-refractivity contribution in [3.05, 3.63) is 54.1 Å². The largest absolute Gasteiger partial charge is 0.484 e. The van der Waals surface area contributed by atoms with Gasteiger partial charge in [0.1, 0.15) is 5.75 Å². The lowest BCUT2D eigenvalue weighted by Gasteiger charge is -2.17. The Balaban J connectivity index is 1.47. The SMILES string of the molecule is COCCCNC(=O)[C@H]1CC(=O)N(c2ccc(OCC(=O)Nc3ccc(C)cc3)cc2)C1. The number of anilines is 2. The molecule has 8 nitrogen and oxygen atoms in total. The number of rotatable bonds is 10. The second-order valence-corrected chi connectivity index (χ2v) is 7.74. The van der Waals surface area contributed by atoms with Crippen LogP contribution in [-0.4, -0.2) is 51.1 Å². The Bertz CT molecular complexity index is 928. The molecule has 2 aromatic carbocycles. The summed E-state index contributed by atoms with van der Waals surface area (Å²) in [4.78, 5) is 38.4. The second-order valence-electron chi connectivity index (χ2n) is 7.74. The van der Waals surface area contributed by atoms with E-state index in [-0.39, 0.29) is 36.7 Å². The lowest BCUT2D eigenvalue weighted by atomic mass is 10.1. The third-order valence-electron chi connectivity index (χ3n) is 5.17. The van der Waals surface area contributed by atoms with Crippen molar-refractivity contribution in [3.8, 4) is 5.75 Å². The van der Waals surface area contributed by atoms with Crippen LogP contribution in [0.3, 0.4) is 0 Å². The molecule has 0 aromatic heterocycles. The van der Waals surface area contributed by atoms with Crippen molar-refractivity contribution < 1.29 is 23.9 Å². The molecule has 0 radical (unpaired) electrons. The lowest BCUT2D eigenvalue weighted by Crippen LogP contribution is -2.33. The topological polar surface area (TPSA) is 97.0 Å². The molecule has 3 amide bonds. The van der Waals surface area contributed by atoms with Gasteiger partial charge in [0.25, 0.3) is 5.91 Å². The molecule has 0 aliphatic carbocycles. The molecule has 3 rings (SSSR count). The van der Waals surface area contributed by atoms with E-state index in [9.17, 15) is 14.4 Å². The summed E-state index contributed by atoms with van der Waals surface area (Å²) in [7, 11) is 1.62. The Morgan fingerprint density at radius 3 is 2.50 bits per heavy atom. The van der Waals surface area contributed by atoms with Gasteiger partial charge in [-0.15, -0.1) is 0 Å². The van der Waals surface area contributed by atoms with Crippen LogP contribution in [-0.2, 0) is 19.1 Å². The van der Waals surface area contributed by atoms with Crippen LogP contribution in [0.2, 0.25) is 0 Å². The third kappa shape index (κ3) is 6.55. The Kier molecular flexibility index (Phi) is 8.21. The van der Waals surface area contributed by atoms with Gasteiger partial charge in [0.2, 0.25) is 11.8 Å². The summed E-state index contributed by atoms with van der Waals surface area (Å²) < 4.78 is 10.5. The molecule has 2 aromatic rings. The Morgan fingerprint density at radius 2 is 1.81 bits per heavy atom. The maximum absolute atomic E-state index is 12.4. The summed E-state index contributed by atoms with van der Waals surface area (Å²) >= 11 is 0. The maximum atomic E-state index is 12.4. The van der Waals surface area contributed by atoms with E-state index in [1.54, 1.807) is 36.3 Å². The average molecular weight is 440 g/mol. The lowest BCUT2D eigenvalue weighted by molar-refractivity contribution is -0.126. The molecule has 1 heterocycles. The Morgan fingerprint density at radius 1 is 1.09 bits per heavy atom. The second kappa shape index (κ2) is 11.3. The van der Waals surface area contributed by atoms with Crippen molar-refractivity contribution in [2.75, 3.05) is 43.6 Å². The number of nitrogens with one attached hydrogen (secondary N) is 2. The fraction of sp³-hybridized carbons (Fsp3) is 0.375. The predicted molar refractivity (Wildman–Crippen MR) is 122 cm³/mol. The maximum Gasteiger partial charge on any atom is 0.262 e. The zero-order chi connectivity index (χ0) is 22.9. The van der Waals surface area contributed by atoms with Crippen molar-refractivity contribution in [1.29, 1.82) is 0 Å². The molecule has 0 saturated carbocycles. The molecule has 170 valence electrons. The van der Waals surface area contributed by atoms with Gasteiger partial charge < -0.3 is 25.0 Å². The summed E-state index contributed by atoms with van der Waals surface area (Å²) in [6.07, 6.45) is 0.921. The minimum atomic E-state index is -0.369. The van der Waals surface area contributed by atoms with Crippen LogP contribution in [0.1, 0.15) is 18.4 Å². The number of methoxy groups -OCH3 is 1. The van der Waals surface area contributed by atoms with E-state index in [0.29, 0.717) is 36.8 Å². The van der Waals surface area contributed by atoms with Crippen molar-refractivity contribution in [2.24, 2.45) is 5.92 Å². The van der Waals surface area contributed by atoms with Crippen molar-refractivity contribution in [3.63, 3.8) is 0 Å². The Labute approximate surface area is 187 Å². The van der Waals surface area contributed by atoms with Gasteiger partial charge in [-0.1, -0.05) is 17.7 Å². The van der Waals surface area contributed by atoms with Crippen molar-refractivity contribution in [2.45, 2.75) is 19.8 Å². The quantitative estimate of drug-likeness (QED) is 0.555. The van der Waals surface area contributed by atoms with Gasteiger partial charge >= 0.3 is 0 Å². The van der Waals surface area contributed by atoms with Crippen LogP contribution >= 0.6 is 0 Å². The van der Waals surface area contributed by atoms with Crippen LogP contribution in [0.4, 0.5) is 11.4 Å². The molecule has 8 heteroatoms. The highest BCUT2D eigenvalue weighted by Crippen LogP contribution is 2.27. The molecule has 0 unspecified atom stereocenters. The van der Waals surface area contributed by atoms with E-state index in [1.807, 2.05) is 31.2 Å². The smallest absolute Gasteiger partial charge is 0.262 e. The number of hydrogen-bond donors (Lipinski definition) is 2. The van der Waals surface area contributed by atoms with Gasteiger partial charge in [0.15, 0.2) is 6.61 Å². The number of amides is 3. The van der Waals surface area contributed by atoms with Gasteiger partial charge in [0.05, 0.1) is 5.92 Å². The van der Waals surface area contributed by atoms with Crippen molar-refractivity contribution >= 4 is 29.1 Å². The number of carbonyl (C=O) groups is 3. The number of aryl methyl sites for hydroxylation is 1. The first-order valence-electron chi connectivity index (χ1n) is 10.6. The van der Waals surface area contributed by atoms with Crippen LogP contribution in [0.25, 0.3) is 0 Å². The normalized spacial score (nSPS) is 15.5. The van der Waals surface area contributed by atoms with E-state index in [1.165, 1.54) is 0 Å². The number of ether oxygens (including phenoxy) is 2. The third-order valence-corrected chi connectivity index (χ3v) is 5.17. The van der Waals surface area contributed by atoms with Crippen molar-refractivity contribution in [1.82, 2.24) is 5.32 Å². The van der Waals surface area contributed by atoms with Crippen LogP contribution in [0.15, 0.2) is 48.5 Å². The molecule has 32 heavy (non-hydrogen) atoms. The first-order chi connectivity index (χ1) is 15.5. The summed E-state index contributed by atoms with van der Waals surface area (Å²) in [5, 5.41) is 5.63. The monoisotopic (exact) mass is 439 g/mol. The van der Waals surface area contributed by atoms with Crippen LogP contribution in [0.5, 0.6) is 5.75 Å². The molecule has 1 atom stereocenters. The van der Waals surface area contributed by atoms with E-state index in [2.05, 4.69) is 10.6 Å². The highest BCUT2D eigenvalue weighted by Gasteiger charge is 2.34. The van der Waals surface area contributed by atoms with E-state index in [4.69, 9.17) is 9.47 Å². The molecule has 1 saturated heterocycles. The summed E-state index contributed by atoms with van der Waals surface area (Å²) in [6, 6.07) is 14.4. The van der Waals surface area contributed by atoms with E-state index < -0.39 is 0 Å². The number of nitrogens with zero attached hydrogens (tertiary/aromatic N) is 1. The van der Waals surface area contributed by atoms with Gasteiger partial charge in [-0.3, -0.25) is 14.4 Å². The highest BCUT2D eigenvalue weighted by atomic mass is 16.5. The van der Waals surface area contributed by atoms with Crippen LogP contribution < -0.4 is 20.3 Å². The zero-order valence-corrected chi connectivity index (χ0v) is 18.4. The standard InChI is InChI=1S/C24H29N3O5/c1-17-4-6-19(7-5-17)26-22(28)16-32-21-10-8-20(9-11-21)27-15-18(14-23(27)29)24(30)25-12-3-13-31-2/h4-11,18H,3,12-16H2,1-2H3,(H,25,30)(H,26,28)/t18-/m0/s1. The highest BCUT2D eigenvalue weighted by molar-refractivity contribution is 6.00. The number of carbonyl (C=O) groups excluding carboxylic acids is 3. The first kappa shape index (κ1) is 23.3. The fourth-order valence-corrected chi connectivity index (χ4v) is 3.41. The zero-order valence-electron chi connectivity index (χ0n) is 18.4. The minimum absolute atomic E-state index is 0.0896. The summed E-state index contributed by atoms with van der Waals surface area (Å²) in [6.45, 7) is 3.31. The number of hydrogen-bond acceptors (Lipinski definition) is 5. The van der Waals surface area contributed by atoms with Crippen LogP contribution in [0, 0.1) is 12.8 Å². The molecular weight excluding hydrogens is 410 g/mol. The molecule has 1 fully saturated rings. The molecule has 0 bridgehead atoms. The fourth-order valence-electron chi connectivity index (χ4n) is 3.41. The summed E-state index contributed by atoms with van der Waals surface area (Å²) in [5.41, 5.74) is 2.52. The van der Waals surface area contributed by atoms with Gasteiger partial charge in [-0.2, -0.15) is 0 Å². The van der Waals surface area contributed by atoms with E-state index >= 15 is 0 Å². The molecule has 0 spiro atoms. The minimum Gasteiger partial charge on any atom is -0.484 e. The van der Waals surface area contributed by atoms with Gasteiger partial charge in [0, 0.05) is 44.6 Å². The number of benzene rings is 2. The Hall–Kier alpha value is -3.39. The van der Waals surface area contributed by atoms with Gasteiger partial charge in [-0.05, 0) is 49.7 Å². The summed E-state index contributed by atoms with van der Waals surface area (Å²) in [5.74, 6) is -0.310. The van der Waals surface area contributed by atoms with E-state index in [0.717, 1.165) is 12.0 Å². The predicted octanol–water partition coefficient (Wildman–Crippen LogP) is 2.52. The molecular formula is C24H29N3O5. The first-order valence-corrected chi connectivity index (χ1v) is 10.6. The molecule has 2 N–H and O–H groups in total.